The average molecular weight is 349 g/mol. The van der Waals surface area contributed by atoms with E-state index in [0.29, 0.717) is 19.8 Å². The summed E-state index contributed by atoms with van der Waals surface area (Å²) in [4.78, 5) is 4.65. The average Bonchev–Trinajstić information content (AvgIpc) is 3.22. The predicted molar refractivity (Wildman–Crippen MR) is 91.8 cm³/mol. The monoisotopic (exact) mass is 349 g/mol. The number of aromatic nitrogens is 3. The van der Waals surface area contributed by atoms with E-state index in [1.54, 1.807) is 6.26 Å². The smallest absolute Gasteiger partial charge is 0.146 e. The number of aliphatic hydroxyl groups excluding tert-OH is 1. The Morgan fingerprint density at radius 3 is 2.64 bits per heavy atom. The van der Waals surface area contributed by atoms with Gasteiger partial charge in [0.25, 0.3) is 0 Å². The van der Waals surface area contributed by atoms with Gasteiger partial charge in [0.15, 0.2) is 0 Å². The van der Waals surface area contributed by atoms with E-state index in [2.05, 4.69) is 20.0 Å². The third kappa shape index (κ3) is 5.12. The maximum atomic E-state index is 10.1. The first-order chi connectivity index (χ1) is 12.1. The molecule has 1 saturated heterocycles. The van der Waals surface area contributed by atoms with E-state index >= 15 is 0 Å². The van der Waals surface area contributed by atoms with Crippen LogP contribution in [0.1, 0.15) is 17.4 Å². The van der Waals surface area contributed by atoms with Gasteiger partial charge in [0, 0.05) is 39.8 Å². The number of piperazine rings is 1. The molecular weight excluding hydrogens is 322 g/mol. The molecule has 8 heteroatoms. The lowest BCUT2D eigenvalue weighted by Crippen LogP contribution is -2.48. The lowest BCUT2D eigenvalue weighted by atomic mass is 10.2. The first kappa shape index (κ1) is 18.1. The van der Waals surface area contributed by atoms with Crippen molar-refractivity contribution in [1.82, 2.24) is 24.6 Å². The maximum Gasteiger partial charge on any atom is 0.146 e. The molecule has 3 rings (SSSR count). The molecule has 1 atom stereocenters. The van der Waals surface area contributed by atoms with Crippen molar-refractivity contribution in [2.45, 2.75) is 26.2 Å². The number of furan rings is 1. The highest BCUT2D eigenvalue weighted by molar-refractivity contribution is 4.96. The Labute approximate surface area is 148 Å². The second-order valence-corrected chi connectivity index (χ2v) is 6.55. The molecule has 0 spiro atoms. The number of aryl methyl sites for hydroxylation is 1. The fourth-order valence-corrected chi connectivity index (χ4v) is 2.96. The summed E-state index contributed by atoms with van der Waals surface area (Å²) in [5, 5.41) is 18.5. The summed E-state index contributed by atoms with van der Waals surface area (Å²) in [7, 11) is 2.00. The molecule has 1 fully saturated rings. The summed E-state index contributed by atoms with van der Waals surface area (Å²) >= 11 is 0. The van der Waals surface area contributed by atoms with Gasteiger partial charge in [-0.05, 0) is 19.1 Å². The molecular formula is C17H27N5O3. The zero-order valence-electron chi connectivity index (χ0n) is 15.0. The molecule has 2 aromatic rings. The minimum atomic E-state index is -0.483. The molecule has 0 aliphatic carbocycles. The molecule has 138 valence electrons. The molecule has 1 aliphatic heterocycles. The first-order valence-corrected chi connectivity index (χ1v) is 8.69. The SMILES string of the molecule is Cc1nnc(CN2CCN(C[C@@H](O)COCc3ccco3)CC2)n1C. The van der Waals surface area contributed by atoms with E-state index in [-0.39, 0.29) is 0 Å². The van der Waals surface area contributed by atoms with Crippen LogP contribution < -0.4 is 0 Å². The van der Waals surface area contributed by atoms with Crippen LogP contribution in [-0.4, -0.2) is 75.1 Å². The number of nitrogens with zero attached hydrogens (tertiary/aromatic N) is 5. The quantitative estimate of drug-likeness (QED) is 0.739. The van der Waals surface area contributed by atoms with Crippen LogP contribution in [0.4, 0.5) is 0 Å². The Kier molecular flexibility index (Phi) is 6.19. The molecule has 8 nitrogen and oxygen atoms in total. The maximum absolute atomic E-state index is 10.1. The van der Waals surface area contributed by atoms with Crippen molar-refractivity contribution in [3.05, 3.63) is 35.8 Å². The van der Waals surface area contributed by atoms with Crippen LogP contribution in [0.25, 0.3) is 0 Å². The summed E-state index contributed by atoms with van der Waals surface area (Å²) in [6.07, 6.45) is 1.14. The molecule has 0 saturated carbocycles. The fraction of sp³-hybridized carbons (Fsp3) is 0.647. The van der Waals surface area contributed by atoms with Gasteiger partial charge in [-0.2, -0.15) is 0 Å². The topological polar surface area (TPSA) is 79.8 Å². The van der Waals surface area contributed by atoms with E-state index in [1.807, 2.05) is 30.7 Å². The van der Waals surface area contributed by atoms with E-state index in [9.17, 15) is 5.11 Å². The van der Waals surface area contributed by atoms with Gasteiger partial charge in [0.2, 0.25) is 0 Å². The predicted octanol–water partition coefficient (Wildman–Crippen LogP) is 0.412. The molecule has 2 aromatic heterocycles. The third-order valence-electron chi connectivity index (χ3n) is 4.62. The van der Waals surface area contributed by atoms with Gasteiger partial charge in [0.05, 0.1) is 25.5 Å². The number of ether oxygens (including phenoxy) is 1. The Morgan fingerprint density at radius 2 is 2.00 bits per heavy atom. The summed E-state index contributed by atoms with van der Waals surface area (Å²) in [5.41, 5.74) is 0. The number of rotatable bonds is 8. The first-order valence-electron chi connectivity index (χ1n) is 8.69. The van der Waals surface area contributed by atoms with Gasteiger partial charge in [-0.25, -0.2) is 0 Å². The fourth-order valence-electron chi connectivity index (χ4n) is 2.96. The number of hydrogen-bond acceptors (Lipinski definition) is 7. The molecule has 0 bridgehead atoms. The van der Waals surface area contributed by atoms with Crippen LogP contribution in [0.5, 0.6) is 0 Å². The Hall–Kier alpha value is -1.74. The van der Waals surface area contributed by atoms with Crippen LogP contribution in [0, 0.1) is 6.92 Å². The van der Waals surface area contributed by atoms with Crippen molar-refractivity contribution in [3.8, 4) is 0 Å². The molecule has 0 unspecified atom stereocenters. The molecule has 1 N–H and O–H groups in total. The Balaban J connectivity index is 1.33. The van der Waals surface area contributed by atoms with Gasteiger partial charge >= 0.3 is 0 Å². The van der Waals surface area contributed by atoms with Crippen LogP contribution in [-0.2, 0) is 24.9 Å². The molecule has 0 radical (unpaired) electrons. The lowest BCUT2D eigenvalue weighted by Gasteiger charge is -2.35. The van der Waals surface area contributed by atoms with Crippen LogP contribution >= 0.6 is 0 Å². The third-order valence-corrected chi connectivity index (χ3v) is 4.62. The summed E-state index contributed by atoms with van der Waals surface area (Å²) in [6.45, 7) is 7.93. The Morgan fingerprint density at radius 1 is 1.24 bits per heavy atom. The van der Waals surface area contributed by atoms with Crippen molar-refractivity contribution < 1.29 is 14.3 Å². The minimum absolute atomic E-state index is 0.319. The standard InChI is InChI=1S/C17H27N5O3/c1-14-18-19-17(20(14)2)11-22-7-5-21(6-8-22)10-15(23)12-24-13-16-4-3-9-25-16/h3-4,9,15,23H,5-8,10-13H2,1-2H3/t15-/m1/s1. The number of β-amino-alcohol motifs (C(OH)–C–C–N with tert-alkyl or cyclic N) is 1. The van der Waals surface area contributed by atoms with E-state index in [4.69, 9.17) is 9.15 Å². The second-order valence-electron chi connectivity index (χ2n) is 6.55. The highest BCUT2D eigenvalue weighted by Gasteiger charge is 2.20. The van der Waals surface area contributed by atoms with Gasteiger partial charge < -0.3 is 18.8 Å². The van der Waals surface area contributed by atoms with Crippen molar-refractivity contribution in [2.75, 3.05) is 39.3 Å². The van der Waals surface area contributed by atoms with Crippen molar-refractivity contribution in [1.29, 1.82) is 0 Å². The van der Waals surface area contributed by atoms with Crippen molar-refractivity contribution in [3.63, 3.8) is 0 Å². The molecule has 3 heterocycles. The van der Waals surface area contributed by atoms with E-state index in [0.717, 1.165) is 50.1 Å². The summed E-state index contributed by atoms with van der Waals surface area (Å²) in [6, 6.07) is 3.70. The van der Waals surface area contributed by atoms with Crippen molar-refractivity contribution >= 4 is 0 Å². The van der Waals surface area contributed by atoms with Gasteiger partial charge in [0.1, 0.15) is 24.0 Å². The van der Waals surface area contributed by atoms with Crippen LogP contribution in [0.3, 0.4) is 0 Å². The highest BCUT2D eigenvalue weighted by atomic mass is 16.5. The normalized spacial score (nSPS) is 17.9. The second kappa shape index (κ2) is 8.57. The van der Waals surface area contributed by atoms with Crippen molar-refractivity contribution in [2.24, 2.45) is 7.05 Å². The zero-order valence-corrected chi connectivity index (χ0v) is 15.0. The van der Waals surface area contributed by atoms with E-state index in [1.165, 1.54) is 0 Å². The minimum Gasteiger partial charge on any atom is -0.467 e. The van der Waals surface area contributed by atoms with Gasteiger partial charge in [-0.15, -0.1) is 10.2 Å². The number of aliphatic hydroxyl groups is 1. The van der Waals surface area contributed by atoms with E-state index < -0.39 is 6.10 Å². The largest absolute Gasteiger partial charge is 0.467 e. The molecule has 1 aliphatic rings. The Bertz CT molecular complexity index is 635. The summed E-state index contributed by atoms with van der Waals surface area (Å²) < 4.78 is 12.7. The van der Waals surface area contributed by atoms with Crippen LogP contribution in [0.15, 0.2) is 22.8 Å². The lowest BCUT2D eigenvalue weighted by molar-refractivity contribution is -0.00327. The van der Waals surface area contributed by atoms with Crippen LogP contribution in [0.2, 0.25) is 0 Å². The van der Waals surface area contributed by atoms with Gasteiger partial charge in [-0.1, -0.05) is 0 Å². The molecule has 25 heavy (non-hydrogen) atoms. The number of hydrogen-bond donors (Lipinski definition) is 1. The zero-order chi connectivity index (χ0) is 17.6. The molecule has 0 aromatic carbocycles. The highest BCUT2D eigenvalue weighted by Crippen LogP contribution is 2.08. The molecule has 0 amide bonds. The van der Waals surface area contributed by atoms with Gasteiger partial charge in [-0.3, -0.25) is 9.80 Å². The summed E-state index contributed by atoms with van der Waals surface area (Å²) in [5.74, 6) is 2.71.